The lowest BCUT2D eigenvalue weighted by Crippen LogP contribution is -2.26. The van der Waals surface area contributed by atoms with Gasteiger partial charge in [0.05, 0.1) is 5.69 Å². The fraction of sp³-hybridized carbons (Fsp3) is 0.417. The van der Waals surface area contributed by atoms with Crippen molar-refractivity contribution < 1.29 is 9.53 Å². The maximum Gasteiger partial charge on any atom is 0.262 e. The predicted octanol–water partition coefficient (Wildman–Crippen LogP) is 1.90. The van der Waals surface area contributed by atoms with Gasteiger partial charge in [0.15, 0.2) is 6.61 Å². The molecule has 0 unspecified atom stereocenters. The van der Waals surface area contributed by atoms with Crippen molar-refractivity contribution in [1.29, 1.82) is 0 Å². The van der Waals surface area contributed by atoms with Crippen LogP contribution in [-0.2, 0) is 10.2 Å². The van der Waals surface area contributed by atoms with E-state index in [0.29, 0.717) is 17.1 Å². The highest BCUT2D eigenvalue weighted by Crippen LogP contribution is 2.38. The van der Waals surface area contributed by atoms with Gasteiger partial charge in [-0.25, -0.2) is 0 Å². The minimum absolute atomic E-state index is 0.00790. The molecule has 0 spiro atoms. The third kappa shape index (κ3) is 1.83. The molecule has 4 heteroatoms. The van der Waals surface area contributed by atoms with Crippen molar-refractivity contribution in [2.24, 2.45) is 0 Å². The number of amides is 1. The SMILES string of the molecule is CC(C)(C)c1cc(N)c2c(c1)OCC(=O)N2. The number of ether oxygens (including phenoxy) is 1. The van der Waals surface area contributed by atoms with Crippen molar-refractivity contribution in [3.63, 3.8) is 0 Å². The van der Waals surface area contributed by atoms with Crippen LogP contribution in [0.3, 0.4) is 0 Å². The molecule has 0 saturated carbocycles. The van der Waals surface area contributed by atoms with Crippen LogP contribution in [-0.4, -0.2) is 12.5 Å². The molecule has 1 aromatic carbocycles. The number of rotatable bonds is 0. The average Bonchev–Trinajstić information content (AvgIpc) is 2.17. The molecule has 1 aromatic rings. The normalized spacial score (nSPS) is 15.1. The minimum atomic E-state index is -0.164. The van der Waals surface area contributed by atoms with E-state index in [4.69, 9.17) is 10.5 Å². The number of fused-ring (bicyclic) bond motifs is 1. The van der Waals surface area contributed by atoms with E-state index in [1.807, 2.05) is 12.1 Å². The largest absolute Gasteiger partial charge is 0.481 e. The maximum absolute atomic E-state index is 11.2. The molecule has 1 amide bonds. The van der Waals surface area contributed by atoms with E-state index >= 15 is 0 Å². The molecule has 0 atom stereocenters. The third-order valence-electron chi connectivity index (χ3n) is 2.62. The van der Waals surface area contributed by atoms with Gasteiger partial charge in [-0.1, -0.05) is 20.8 Å². The Morgan fingerprint density at radius 2 is 2.06 bits per heavy atom. The van der Waals surface area contributed by atoms with Crippen LogP contribution in [0.2, 0.25) is 0 Å². The summed E-state index contributed by atoms with van der Waals surface area (Å²) in [4.78, 5) is 11.2. The van der Waals surface area contributed by atoms with Gasteiger partial charge in [0.2, 0.25) is 0 Å². The zero-order chi connectivity index (χ0) is 11.9. The van der Waals surface area contributed by atoms with Crippen LogP contribution in [0, 0.1) is 0 Å². The molecular formula is C12H16N2O2. The topological polar surface area (TPSA) is 64.3 Å². The van der Waals surface area contributed by atoms with Crippen LogP contribution < -0.4 is 15.8 Å². The van der Waals surface area contributed by atoms with Crippen LogP contribution in [0.4, 0.5) is 11.4 Å². The summed E-state index contributed by atoms with van der Waals surface area (Å²) in [6.45, 7) is 6.38. The van der Waals surface area contributed by atoms with Crippen LogP contribution >= 0.6 is 0 Å². The molecule has 4 nitrogen and oxygen atoms in total. The lowest BCUT2D eigenvalue weighted by Gasteiger charge is -2.25. The Morgan fingerprint density at radius 1 is 1.38 bits per heavy atom. The van der Waals surface area contributed by atoms with E-state index in [2.05, 4.69) is 26.1 Å². The summed E-state index contributed by atoms with van der Waals surface area (Å²) in [7, 11) is 0. The molecule has 3 N–H and O–H groups in total. The monoisotopic (exact) mass is 220 g/mol. The molecule has 86 valence electrons. The maximum atomic E-state index is 11.2. The van der Waals surface area contributed by atoms with Gasteiger partial charge < -0.3 is 15.8 Å². The second-order valence-corrected chi connectivity index (χ2v) is 5.03. The fourth-order valence-corrected chi connectivity index (χ4v) is 1.64. The van der Waals surface area contributed by atoms with Crippen LogP contribution in [0.1, 0.15) is 26.3 Å². The molecule has 0 saturated heterocycles. The van der Waals surface area contributed by atoms with Crippen molar-refractivity contribution in [2.45, 2.75) is 26.2 Å². The predicted molar refractivity (Wildman–Crippen MR) is 63.7 cm³/mol. The number of hydrogen-bond donors (Lipinski definition) is 2. The number of nitrogen functional groups attached to an aromatic ring is 1. The van der Waals surface area contributed by atoms with E-state index in [9.17, 15) is 4.79 Å². The highest BCUT2D eigenvalue weighted by Gasteiger charge is 2.22. The summed E-state index contributed by atoms with van der Waals surface area (Å²) in [6, 6.07) is 3.82. The van der Waals surface area contributed by atoms with Gasteiger partial charge in [-0.05, 0) is 23.1 Å². The van der Waals surface area contributed by atoms with Crippen molar-refractivity contribution >= 4 is 17.3 Å². The zero-order valence-corrected chi connectivity index (χ0v) is 9.76. The van der Waals surface area contributed by atoms with Crippen LogP contribution in [0.5, 0.6) is 5.75 Å². The summed E-state index contributed by atoms with van der Waals surface area (Å²) in [5, 5.41) is 2.72. The van der Waals surface area contributed by atoms with E-state index in [0.717, 1.165) is 5.56 Å². The van der Waals surface area contributed by atoms with Gasteiger partial charge in [0, 0.05) is 0 Å². The Labute approximate surface area is 94.8 Å². The Morgan fingerprint density at radius 3 is 2.69 bits per heavy atom. The number of nitrogens with two attached hydrogens (primary N) is 1. The molecule has 1 heterocycles. The van der Waals surface area contributed by atoms with E-state index in [1.54, 1.807) is 0 Å². The van der Waals surface area contributed by atoms with Gasteiger partial charge in [0.1, 0.15) is 11.4 Å². The number of hydrogen-bond acceptors (Lipinski definition) is 3. The summed E-state index contributed by atoms with van der Waals surface area (Å²) in [6.07, 6.45) is 0. The molecule has 0 fully saturated rings. The number of anilines is 2. The molecule has 16 heavy (non-hydrogen) atoms. The van der Waals surface area contributed by atoms with Crippen LogP contribution in [0.15, 0.2) is 12.1 Å². The Balaban J connectivity index is 2.51. The third-order valence-corrected chi connectivity index (χ3v) is 2.62. The van der Waals surface area contributed by atoms with E-state index < -0.39 is 0 Å². The molecule has 1 aliphatic rings. The molecule has 0 radical (unpaired) electrons. The average molecular weight is 220 g/mol. The van der Waals surface area contributed by atoms with E-state index in [-0.39, 0.29) is 17.9 Å². The molecule has 0 aromatic heterocycles. The number of benzene rings is 1. The Kier molecular flexibility index (Phi) is 2.30. The molecular weight excluding hydrogens is 204 g/mol. The van der Waals surface area contributed by atoms with Crippen LogP contribution in [0.25, 0.3) is 0 Å². The first-order valence-corrected chi connectivity index (χ1v) is 5.24. The van der Waals surface area contributed by atoms with Gasteiger partial charge >= 0.3 is 0 Å². The molecule has 1 aliphatic heterocycles. The first-order valence-electron chi connectivity index (χ1n) is 5.24. The summed E-state index contributed by atoms with van der Waals surface area (Å²) < 4.78 is 5.36. The first-order chi connectivity index (χ1) is 7.38. The van der Waals surface area contributed by atoms with Gasteiger partial charge in [-0.3, -0.25) is 4.79 Å². The summed E-state index contributed by atoms with van der Waals surface area (Å²) >= 11 is 0. The fourth-order valence-electron chi connectivity index (χ4n) is 1.64. The quantitative estimate of drug-likeness (QED) is 0.656. The molecule has 2 rings (SSSR count). The first kappa shape index (κ1) is 10.8. The van der Waals surface area contributed by atoms with E-state index in [1.165, 1.54) is 0 Å². The lowest BCUT2D eigenvalue weighted by atomic mass is 9.86. The number of nitrogens with one attached hydrogen (secondary N) is 1. The minimum Gasteiger partial charge on any atom is -0.481 e. The summed E-state index contributed by atoms with van der Waals surface area (Å²) in [5.74, 6) is 0.493. The lowest BCUT2D eigenvalue weighted by molar-refractivity contribution is -0.118. The Bertz CT molecular complexity index is 447. The highest BCUT2D eigenvalue weighted by molar-refractivity contribution is 5.99. The number of carbonyl (C=O) groups is 1. The van der Waals surface area contributed by atoms with Gasteiger partial charge in [-0.2, -0.15) is 0 Å². The highest BCUT2D eigenvalue weighted by atomic mass is 16.5. The standard InChI is InChI=1S/C12H16N2O2/c1-12(2,3)7-4-8(13)11-9(5-7)16-6-10(15)14-11/h4-5H,6,13H2,1-3H3,(H,14,15). The smallest absolute Gasteiger partial charge is 0.262 e. The van der Waals surface area contributed by atoms with Crippen molar-refractivity contribution in [3.05, 3.63) is 17.7 Å². The second-order valence-electron chi connectivity index (χ2n) is 5.03. The van der Waals surface area contributed by atoms with Crippen molar-refractivity contribution in [1.82, 2.24) is 0 Å². The van der Waals surface area contributed by atoms with Crippen molar-refractivity contribution in [2.75, 3.05) is 17.7 Å². The van der Waals surface area contributed by atoms with Crippen molar-refractivity contribution in [3.8, 4) is 5.75 Å². The zero-order valence-electron chi connectivity index (χ0n) is 9.76. The Hall–Kier alpha value is -1.71. The number of carbonyl (C=O) groups excluding carboxylic acids is 1. The van der Waals surface area contributed by atoms with Gasteiger partial charge in [0.25, 0.3) is 5.91 Å². The summed E-state index contributed by atoms with van der Waals surface area (Å²) in [5.41, 5.74) is 8.15. The molecule has 0 aliphatic carbocycles. The second kappa shape index (κ2) is 3.40. The molecule has 0 bridgehead atoms. The van der Waals surface area contributed by atoms with Gasteiger partial charge in [-0.15, -0.1) is 0 Å².